The molecule has 0 aromatic heterocycles. The second kappa shape index (κ2) is 6.82. The van der Waals surface area contributed by atoms with Crippen LogP contribution in [0.15, 0.2) is 0 Å². The Hall–Kier alpha value is -0.570. The number of hydrogen-bond acceptors (Lipinski definition) is 3. The molecule has 0 bridgehead atoms. The van der Waals surface area contributed by atoms with Gasteiger partial charge in [-0.2, -0.15) is 0 Å². The Balaban J connectivity index is 3.36. The first-order valence-electron chi connectivity index (χ1n) is 5.25. The Labute approximate surface area is 86.8 Å². The van der Waals surface area contributed by atoms with Gasteiger partial charge in [0, 0.05) is 19.6 Å². The van der Waals surface area contributed by atoms with Crippen LogP contribution in [0.5, 0.6) is 0 Å². The van der Waals surface area contributed by atoms with Crippen LogP contribution in [0.2, 0.25) is 0 Å². The fourth-order valence-electron chi connectivity index (χ4n) is 0.958. The average molecular weight is 202 g/mol. The molecule has 0 saturated carbocycles. The van der Waals surface area contributed by atoms with Crippen molar-refractivity contribution in [1.29, 1.82) is 0 Å². The monoisotopic (exact) mass is 202 g/mol. The average Bonchev–Trinajstić information content (AvgIpc) is 2.00. The third kappa shape index (κ3) is 9.52. The quantitative estimate of drug-likeness (QED) is 0.490. The molecule has 14 heavy (non-hydrogen) atoms. The van der Waals surface area contributed by atoms with Crippen LogP contribution in [0, 0.1) is 0 Å². The molecule has 0 aliphatic rings. The van der Waals surface area contributed by atoms with E-state index in [0.29, 0.717) is 13.0 Å². The maximum Gasteiger partial charge on any atom is 0.306 e. The predicted molar refractivity (Wildman–Crippen MR) is 56.2 cm³/mol. The normalized spacial score (nSPS) is 11.4. The standard InChI is InChI=1S/C11H22O3/c1-5-8-13-9-6-7-10(12)14-11(2,3)4/h5-9H2,1-4H3. The van der Waals surface area contributed by atoms with Gasteiger partial charge in [0.2, 0.25) is 0 Å². The molecule has 0 amide bonds. The Kier molecular flexibility index (Phi) is 6.54. The lowest BCUT2D eigenvalue weighted by molar-refractivity contribution is -0.155. The van der Waals surface area contributed by atoms with Crippen molar-refractivity contribution in [2.75, 3.05) is 13.2 Å². The number of carbonyl (C=O) groups excluding carboxylic acids is 1. The van der Waals surface area contributed by atoms with E-state index in [4.69, 9.17) is 9.47 Å². The molecule has 0 heterocycles. The Morgan fingerprint density at radius 2 is 1.86 bits per heavy atom. The molecule has 0 fully saturated rings. The molecule has 0 unspecified atom stereocenters. The third-order valence-electron chi connectivity index (χ3n) is 1.44. The molecule has 84 valence electrons. The summed E-state index contributed by atoms with van der Waals surface area (Å²) >= 11 is 0. The number of ether oxygens (including phenoxy) is 2. The second-order valence-corrected chi connectivity index (χ2v) is 4.30. The molecule has 0 radical (unpaired) electrons. The van der Waals surface area contributed by atoms with E-state index in [-0.39, 0.29) is 11.6 Å². The van der Waals surface area contributed by atoms with E-state index in [2.05, 4.69) is 6.92 Å². The zero-order valence-electron chi connectivity index (χ0n) is 9.76. The molecule has 0 aromatic carbocycles. The Bertz CT molecular complexity index is 158. The first-order valence-corrected chi connectivity index (χ1v) is 5.25. The molecule has 0 aliphatic heterocycles. The summed E-state index contributed by atoms with van der Waals surface area (Å²) in [4.78, 5) is 11.2. The van der Waals surface area contributed by atoms with E-state index >= 15 is 0 Å². The lowest BCUT2D eigenvalue weighted by Crippen LogP contribution is -2.23. The summed E-state index contributed by atoms with van der Waals surface area (Å²) in [6.07, 6.45) is 2.21. The van der Waals surface area contributed by atoms with Gasteiger partial charge >= 0.3 is 5.97 Å². The predicted octanol–water partition coefficient (Wildman–Crippen LogP) is 2.53. The number of esters is 1. The van der Waals surface area contributed by atoms with Gasteiger partial charge in [0.1, 0.15) is 5.60 Å². The molecule has 0 saturated heterocycles. The van der Waals surface area contributed by atoms with E-state index < -0.39 is 0 Å². The van der Waals surface area contributed by atoms with Crippen LogP contribution >= 0.6 is 0 Å². The minimum atomic E-state index is -0.374. The van der Waals surface area contributed by atoms with E-state index in [1.807, 2.05) is 20.8 Å². The van der Waals surface area contributed by atoms with Crippen molar-refractivity contribution in [1.82, 2.24) is 0 Å². The number of hydrogen-bond donors (Lipinski definition) is 0. The summed E-state index contributed by atoms with van der Waals surface area (Å²) < 4.78 is 10.4. The van der Waals surface area contributed by atoms with Crippen LogP contribution in [0.25, 0.3) is 0 Å². The lowest BCUT2D eigenvalue weighted by Gasteiger charge is -2.19. The molecule has 0 spiro atoms. The smallest absolute Gasteiger partial charge is 0.306 e. The van der Waals surface area contributed by atoms with Gasteiger partial charge < -0.3 is 9.47 Å². The SMILES string of the molecule is CCCOCCCC(=O)OC(C)(C)C. The van der Waals surface area contributed by atoms with Gasteiger partial charge in [-0.25, -0.2) is 0 Å². The molecule has 0 N–H and O–H groups in total. The first kappa shape index (κ1) is 13.4. The zero-order chi connectivity index (χ0) is 11.0. The fraction of sp³-hybridized carbons (Fsp3) is 0.909. The highest BCUT2D eigenvalue weighted by Crippen LogP contribution is 2.08. The highest BCUT2D eigenvalue weighted by Gasteiger charge is 2.15. The van der Waals surface area contributed by atoms with Crippen LogP contribution in [0.3, 0.4) is 0 Å². The molecular weight excluding hydrogens is 180 g/mol. The molecule has 0 atom stereocenters. The van der Waals surface area contributed by atoms with Gasteiger partial charge in [0.15, 0.2) is 0 Å². The summed E-state index contributed by atoms with van der Waals surface area (Å²) in [5, 5.41) is 0. The summed E-state index contributed by atoms with van der Waals surface area (Å²) in [5.41, 5.74) is -0.374. The topological polar surface area (TPSA) is 35.5 Å². The van der Waals surface area contributed by atoms with E-state index in [1.54, 1.807) is 0 Å². The number of carbonyl (C=O) groups is 1. The van der Waals surface area contributed by atoms with Crippen LogP contribution < -0.4 is 0 Å². The molecule has 0 rings (SSSR count). The van der Waals surface area contributed by atoms with Gasteiger partial charge in [0.05, 0.1) is 0 Å². The highest BCUT2D eigenvalue weighted by molar-refractivity contribution is 5.69. The summed E-state index contributed by atoms with van der Waals surface area (Å²) in [6, 6.07) is 0. The van der Waals surface area contributed by atoms with Gasteiger partial charge in [0.25, 0.3) is 0 Å². The molecule has 3 heteroatoms. The first-order chi connectivity index (χ1) is 6.45. The maximum absolute atomic E-state index is 11.2. The van der Waals surface area contributed by atoms with Gasteiger partial charge in [-0.15, -0.1) is 0 Å². The third-order valence-corrected chi connectivity index (χ3v) is 1.44. The largest absolute Gasteiger partial charge is 0.460 e. The minimum Gasteiger partial charge on any atom is -0.460 e. The van der Waals surface area contributed by atoms with Crippen LogP contribution in [-0.4, -0.2) is 24.8 Å². The second-order valence-electron chi connectivity index (χ2n) is 4.30. The fourth-order valence-corrected chi connectivity index (χ4v) is 0.958. The zero-order valence-corrected chi connectivity index (χ0v) is 9.76. The summed E-state index contributed by atoms with van der Waals surface area (Å²) in [6.45, 7) is 9.10. The minimum absolute atomic E-state index is 0.141. The van der Waals surface area contributed by atoms with Crippen molar-refractivity contribution < 1.29 is 14.3 Å². The summed E-state index contributed by atoms with van der Waals surface area (Å²) in [7, 11) is 0. The van der Waals surface area contributed by atoms with E-state index in [1.165, 1.54) is 0 Å². The van der Waals surface area contributed by atoms with Gasteiger partial charge in [-0.1, -0.05) is 6.92 Å². The number of rotatable bonds is 6. The van der Waals surface area contributed by atoms with Crippen molar-refractivity contribution in [2.24, 2.45) is 0 Å². The van der Waals surface area contributed by atoms with E-state index in [9.17, 15) is 4.79 Å². The van der Waals surface area contributed by atoms with Crippen molar-refractivity contribution >= 4 is 5.97 Å². The van der Waals surface area contributed by atoms with Crippen LogP contribution in [0.1, 0.15) is 47.0 Å². The molecule has 0 aromatic rings. The lowest BCUT2D eigenvalue weighted by atomic mass is 10.2. The maximum atomic E-state index is 11.2. The van der Waals surface area contributed by atoms with Crippen LogP contribution in [-0.2, 0) is 14.3 Å². The van der Waals surface area contributed by atoms with Crippen molar-refractivity contribution in [3.63, 3.8) is 0 Å². The summed E-state index contributed by atoms with van der Waals surface area (Å²) in [5.74, 6) is -0.141. The molecule has 0 aliphatic carbocycles. The molecule has 3 nitrogen and oxygen atoms in total. The van der Waals surface area contributed by atoms with Gasteiger partial charge in [-0.05, 0) is 33.6 Å². The van der Waals surface area contributed by atoms with E-state index in [0.717, 1.165) is 19.4 Å². The highest BCUT2D eigenvalue weighted by atomic mass is 16.6. The van der Waals surface area contributed by atoms with Crippen LogP contribution in [0.4, 0.5) is 0 Å². The van der Waals surface area contributed by atoms with Crippen molar-refractivity contribution in [3.8, 4) is 0 Å². The van der Waals surface area contributed by atoms with Crippen molar-refractivity contribution in [2.45, 2.75) is 52.6 Å². The van der Waals surface area contributed by atoms with Crippen molar-refractivity contribution in [3.05, 3.63) is 0 Å². The Morgan fingerprint density at radius 3 is 2.36 bits per heavy atom. The van der Waals surface area contributed by atoms with Gasteiger partial charge in [-0.3, -0.25) is 4.79 Å². The molecular formula is C11H22O3. The Morgan fingerprint density at radius 1 is 1.21 bits per heavy atom.